The van der Waals surface area contributed by atoms with Crippen LogP contribution < -0.4 is 14.8 Å². The van der Waals surface area contributed by atoms with Crippen LogP contribution in [-0.2, 0) is 11.4 Å². The maximum absolute atomic E-state index is 12.6. The molecule has 1 aromatic heterocycles. The molecule has 180 valence electrons. The number of amides is 1. The van der Waals surface area contributed by atoms with Gasteiger partial charge in [-0.2, -0.15) is 8.78 Å². The molecule has 35 heavy (non-hydrogen) atoms. The van der Waals surface area contributed by atoms with Gasteiger partial charge >= 0.3 is 6.61 Å². The van der Waals surface area contributed by atoms with E-state index in [1.54, 1.807) is 12.1 Å². The molecule has 0 radical (unpaired) electrons. The Labute approximate surface area is 205 Å². The highest BCUT2D eigenvalue weighted by molar-refractivity contribution is 7.99. The Kier molecular flexibility index (Phi) is 7.94. The van der Waals surface area contributed by atoms with Gasteiger partial charge in [0, 0.05) is 5.69 Å². The summed E-state index contributed by atoms with van der Waals surface area (Å²) >= 11 is 1.17. The van der Waals surface area contributed by atoms with E-state index in [2.05, 4.69) is 20.3 Å². The number of hydrogen-bond acceptors (Lipinski definition) is 6. The van der Waals surface area contributed by atoms with Crippen molar-refractivity contribution in [3.05, 3.63) is 90.3 Å². The molecule has 4 aromatic rings. The average Bonchev–Trinajstić information content (AvgIpc) is 3.26. The number of carbonyl (C=O) groups excluding carboxylic acids is 1. The van der Waals surface area contributed by atoms with Crippen LogP contribution in [0.1, 0.15) is 11.4 Å². The van der Waals surface area contributed by atoms with Gasteiger partial charge in [-0.05, 0) is 42.8 Å². The molecule has 1 amide bonds. The molecule has 1 N–H and O–H groups in total. The number of hydrogen-bond donors (Lipinski definition) is 1. The predicted octanol–water partition coefficient (Wildman–Crippen LogP) is 5.49. The molecule has 3 aromatic carbocycles. The van der Waals surface area contributed by atoms with Gasteiger partial charge in [-0.1, -0.05) is 60.3 Å². The Balaban J connectivity index is 1.49. The van der Waals surface area contributed by atoms with Crippen molar-refractivity contribution in [2.75, 3.05) is 11.1 Å². The van der Waals surface area contributed by atoms with Crippen LogP contribution in [0, 0.1) is 6.92 Å². The monoisotopic (exact) mass is 496 g/mol. The van der Waals surface area contributed by atoms with Gasteiger partial charge in [0.1, 0.15) is 18.1 Å². The first-order valence-corrected chi connectivity index (χ1v) is 11.6. The molecule has 1 heterocycles. The number of anilines is 1. The van der Waals surface area contributed by atoms with Gasteiger partial charge in [0.25, 0.3) is 0 Å². The first kappa shape index (κ1) is 24.2. The highest BCUT2D eigenvalue weighted by Crippen LogP contribution is 2.27. The number of alkyl halides is 2. The van der Waals surface area contributed by atoms with Gasteiger partial charge in [0.05, 0.1) is 11.4 Å². The summed E-state index contributed by atoms with van der Waals surface area (Å²) in [6.07, 6.45) is 0. The maximum atomic E-state index is 12.6. The minimum absolute atomic E-state index is 0.0212. The number of nitrogens with zero attached hydrogens (tertiary/aromatic N) is 3. The van der Waals surface area contributed by atoms with Crippen molar-refractivity contribution in [1.29, 1.82) is 0 Å². The van der Waals surface area contributed by atoms with Crippen molar-refractivity contribution >= 4 is 23.4 Å². The normalized spacial score (nSPS) is 10.9. The lowest BCUT2D eigenvalue weighted by Gasteiger charge is -2.13. The first-order valence-electron chi connectivity index (χ1n) is 10.7. The van der Waals surface area contributed by atoms with Crippen LogP contribution in [-0.4, -0.2) is 33.0 Å². The maximum Gasteiger partial charge on any atom is 0.387 e. The van der Waals surface area contributed by atoms with E-state index in [-0.39, 0.29) is 23.8 Å². The number of carbonyl (C=O) groups is 1. The second-order valence-electron chi connectivity index (χ2n) is 7.34. The zero-order valence-electron chi connectivity index (χ0n) is 18.7. The van der Waals surface area contributed by atoms with E-state index < -0.39 is 12.5 Å². The van der Waals surface area contributed by atoms with Gasteiger partial charge in [-0.15, -0.1) is 10.2 Å². The quantitative estimate of drug-likeness (QED) is 0.293. The van der Waals surface area contributed by atoms with Crippen molar-refractivity contribution in [3.8, 4) is 17.2 Å². The van der Waals surface area contributed by atoms with Crippen molar-refractivity contribution in [2.24, 2.45) is 0 Å². The summed E-state index contributed by atoms with van der Waals surface area (Å²) in [4.78, 5) is 12.6. The lowest BCUT2D eigenvalue weighted by molar-refractivity contribution is -0.113. The summed E-state index contributed by atoms with van der Waals surface area (Å²) in [5.41, 5.74) is 1.98. The number of halogens is 2. The second-order valence-corrected chi connectivity index (χ2v) is 8.28. The van der Waals surface area contributed by atoms with Gasteiger partial charge in [0.2, 0.25) is 5.91 Å². The number of ether oxygens (including phenoxy) is 2. The topological polar surface area (TPSA) is 78.3 Å². The molecule has 4 rings (SSSR count). The first-order chi connectivity index (χ1) is 17.0. The van der Waals surface area contributed by atoms with Crippen molar-refractivity contribution in [3.63, 3.8) is 0 Å². The highest BCUT2D eigenvalue weighted by Gasteiger charge is 2.18. The van der Waals surface area contributed by atoms with Crippen LogP contribution in [0.15, 0.2) is 84.0 Å². The largest absolute Gasteiger partial charge is 0.485 e. The molecule has 0 atom stereocenters. The fourth-order valence-electron chi connectivity index (χ4n) is 3.27. The summed E-state index contributed by atoms with van der Waals surface area (Å²) in [5, 5.41) is 11.6. The van der Waals surface area contributed by atoms with E-state index in [1.165, 1.54) is 23.9 Å². The minimum Gasteiger partial charge on any atom is -0.485 e. The molecule has 0 unspecified atom stereocenters. The van der Waals surface area contributed by atoms with E-state index in [0.29, 0.717) is 11.0 Å². The molecule has 0 saturated heterocycles. The lowest BCUT2D eigenvalue weighted by Crippen LogP contribution is -2.16. The molecule has 0 bridgehead atoms. The Hall–Kier alpha value is -3.92. The van der Waals surface area contributed by atoms with E-state index in [0.717, 1.165) is 17.0 Å². The minimum atomic E-state index is -2.99. The smallest absolute Gasteiger partial charge is 0.387 e. The van der Waals surface area contributed by atoms with Crippen LogP contribution in [0.5, 0.6) is 11.5 Å². The van der Waals surface area contributed by atoms with Crippen LogP contribution in [0.25, 0.3) is 5.69 Å². The molecule has 7 nitrogen and oxygen atoms in total. The summed E-state index contributed by atoms with van der Waals surface area (Å²) in [7, 11) is 0. The van der Waals surface area contributed by atoms with Gasteiger partial charge in [0.15, 0.2) is 11.0 Å². The number of aryl methyl sites for hydroxylation is 1. The summed E-state index contributed by atoms with van der Waals surface area (Å²) in [6, 6.07) is 23.2. The van der Waals surface area contributed by atoms with E-state index in [9.17, 15) is 13.6 Å². The SMILES string of the molecule is Cc1ccccc1OCc1nnc(SCC(=O)Nc2ccccc2OC(F)F)n1-c1ccccc1. The van der Waals surface area contributed by atoms with Gasteiger partial charge in [-0.25, -0.2) is 0 Å². The fraction of sp³-hybridized carbons (Fsp3) is 0.160. The molecular weight excluding hydrogens is 474 g/mol. The van der Waals surface area contributed by atoms with Crippen LogP contribution in [0.2, 0.25) is 0 Å². The van der Waals surface area contributed by atoms with Crippen molar-refractivity contribution in [1.82, 2.24) is 14.8 Å². The molecule has 0 fully saturated rings. The number of thioether (sulfide) groups is 1. The lowest BCUT2D eigenvalue weighted by atomic mass is 10.2. The number of para-hydroxylation sites is 4. The van der Waals surface area contributed by atoms with Gasteiger partial charge < -0.3 is 14.8 Å². The van der Waals surface area contributed by atoms with Crippen LogP contribution >= 0.6 is 11.8 Å². The van der Waals surface area contributed by atoms with Crippen molar-refractivity contribution < 1.29 is 23.0 Å². The van der Waals surface area contributed by atoms with E-state index in [1.807, 2.05) is 66.1 Å². The Morgan fingerprint density at radius 3 is 2.40 bits per heavy atom. The molecule has 0 aliphatic rings. The van der Waals surface area contributed by atoms with Gasteiger partial charge in [-0.3, -0.25) is 9.36 Å². The molecule has 0 aliphatic carbocycles. The van der Waals surface area contributed by atoms with Crippen LogP contribution in [0.4, 0.5) is 14.5 Å². The highest BCUT2D eigenvalue weighted by atomic mass is 32.2. The third-order valence-corrected chi connectivity index (χ3v) is 5.80. The van der Waals surface area contributed by atoms with E-state index >= 15 is 0 Å². The molecule has 0 aliphatic heterocycles. The number of benzene rings is 3. The Bertz CT molecular complexity index is 1280. The Morgan fingerprint density at radius 1 is 0.971 bits per heavy atom. The second kappa shape index (κ2) is 11.5. The number of aromatic nitrogens is 3. The number of nitrogens with one attached hydrogen (secondary N) is 1. The zero-order valence-corrected chi connectivity index (χ0v) is 19.5. The summed E-state index contributed by atoms with van der Waals surface area (Å²) < 4.78 is 37.5. The molecule has 10 heteroatoms. The molecule has 0 saturated carbocycles. The fourth-order valence-corrected chi connectivity index (χ4v) is 4.04. The standard InChI is InChI=1S/C25H22F2N4O3S/c1-17-9-5-7-13-20(17)33-15-22-29-30-25(31(22)18-10-3-2-4-11-18)35-16-23(32)28-19-12-6-8-14-21(19)34-24(26)27/h2-14,24H,15-16H2,1H3,(H,28,32). The molecular formula is C25H22F2N4O3S. The Morgan fingerprint density at radius 2 is 1.66 bits per heavy atom. The predicted molar refractivity (Wildman–Crippen MR) is 129 cm³/mol. The third kappa shape index (κ3) is 6.36. The van der Waals surface area contributed by atoms with E-state index in [4.69, 9.17) is 4.74 Å². The molecule has 0 spiro atoms. The van der Waals surface area contributed by atoms with Crippen molar-refractivity contribution in [2.45, 2.75) is 25.3 Å². The summed E-state index contributed by atoms with van der Waals surface area (Å²) in [5.74, 6) is 0.781. The number of rotatable bonds is 10. The average molecular weight is 497 g/mol. The summed E-state index contributed by atoms with van der Waals surface area (Å²) in [6.45, 7) is -0.855. The third-order valence-electron chi connectivity index (χ3n) is 4.87. The van der Waals surface area contributed by atoms with Crippen LogP contribution in [0.3, 0.4) is 0 Å². The zero-order chi connectivity index (χ0) is 24.6.